The first-order valence-electron chi connectivity index (χ1n) is 7.65. The molecule has 4 rings (SSSR count). The molecule has 0 unspecified atom stereocenters. The van der Waals surface area contributed by atoms with Gasteiger partial charge in [0.2, 0.25) is 0 Å². The minimum Gasteiger partial charge on any atom is -0.268 e. The van der Waals surface area contributed by atoms with Crippen molar-refractivity contribution in [3.05, 3.63) is 75.7 Å². The van der Waals surface area contributed by atoms with Crippen LogP contribution in [0.2, 0.25) is 0 Å². The molecule has 0 amide bonds. The summed E-state index contributed by atoms with van der Waals surface area (Å²) in [4.78, 5) is 22.0. The average molecular weight is 333 g/mol. The van der Waals surface area contributed by atoms with E-state index in [4.69, 9.17) is 0 Å². The van der Waals surface area contributed by atoms with Crippen molar-refractivity contribution in [1.82, 2.24) is 14.5 Å². The maximum atomic E-state index is 12.8. The second-order valence-electron chi connectivity index (χ2n) is 5.70. The summed E-state index contributed by atoms with van der Waals surface area (Å²) in [5.41, 5.74) is 3.76. The van der Waals surface area contributed by atoms with E-state index in [1.807, 2.05) is 42.6 Å². The molecule has 0 aliphatic carbocycles. The van der Waals surface area contributed by atoms with Crippen LogP contribution in [0.5, 0.6) is 0 Å². The summed E-state index contributed by atoms with van der Waals surface area (Å²) in [5, 5.41) is 3.22. The van der Waals surface area contributed by atoms with Crippen LogP contribution in [0.15, 0.2) is 58.7 Å². The molecule has 0 atom stereocenters. The number of fused-ring (bicyclic) bond motifs is 1. The van der Waals surface area contributed by atoms with E-state index in [0.717, 1.165) is 11.3 Å². The Balaban J connectivity index is 1.87. The van der Waals surface area contributed by atoms with Crippen molar-refractivity contribution in [3.8, 4) is 16.4 Å². The molecule has 0 aliphatic rings. The van der Waals surface area contributed by atoms with E-state index in [1.54, 1.807) is 10.6 Å². The third kappa shape index (κ3) is 2.43. The van der Waals surface area contributed by atoms with Gasteiger partial charge in [-0.3, -0.25) is 4.79 Å². The second-order valence-corrected chi connectivity index (χ2v) is 6.53. The Labute approximate surface area is 143 Å². The van der Waals surface area contributed by atoms with Gasteiger partial charge in [-0.15, -0.1) is 11.3 Å². The molecule has 0 aliphatic heterocycles. The smallest absolute Gasteiger partial charge is 0.267 e. The average Bonchev–Trinajstić information content (AvgIpc) is 3.05. The predicted molar refractivity (Wildman–Crippen MR) is 97.9 cm³/mol. The van der Waals surface area contributed by atoms with Gasteiger partial charge in [-0.1, -0.05) is 42.0 Å². The molecule has 0 N–H and O–H groups in total. The number of thiazole rings is 1. The number of para-hydroxylation sites is 1. The van der Waals surface area contributed by atoms with Gasteiger partial charge in [0.1, 0.15) is 5.82 Å². The molecular formula is C19H15N3OS. The molecule has 2 heterocycles. The van der Waals surface area contributed by atoms with Gasteiger partial charge >= 0.3 is 0 Å². The highest BCUT2D eigenvalue weighted by Gasteiger charge is 2.13. The standard InChI is InChI=1S/C19H15N3OS/c1-12-7-9-14(10-8-12)17-11-24-19(21-17)22-13(2)20-16-6-4-3-5-15(16)18(22)23/h3-11H,1-2H3. The Kier molecular flexibility index (Phi) is 3.50. The van der Waals surface area contributed by atoms with Crippen LogP contribution in [-0.2, 0) is 0 Å². The highest BCUT2D eigenvalue weighted by atomic mass is 32.1. The molecule has 0 radical (unpaired) electrons. The van der Waals surface area contributed by atoms with Crippen LogP contribution in [-0.4, -0.2) is 14.5 Å². The molecule has 5 heteroatoms. The van der Waals surface area contributed by atoms with E-state index in [1.165, 1.54) is 16.9 Å². The molecule has 0 spiro atoms. The lowest BCUT2D eigenvalue weighted by Crippen LogP contribution is -2.22. The van der Waals surface area contributed by atoms with Gasteiger partial charge < -0.3 is 0 Å². The van der Waals surface area contributed by atoms with Crippen molar-refractivity contribution in [1.29, 1.82) is 0 Å². The lowest BCUT2D eigenvalue weighted by atomic mass is 10.1. The van der Waals surface area contributed by atoms with Gasteiger partial charge in [-0.25, -0.2) is 14.5 Å². The Hall–Kier alpha value is -2.79. The lowest BCUT2D eigenvalue weighted by molar-refractivity contribution is 0.885. The summed E-state index contributed by atoms with van der Waals surface area (Å²) in [7, 11) is 0. The minimum atomic E-state index is -0.0806. The number of nitrogens with zero attached hydrogens (tertiary/aromatic N) is 3. The molecule has 2 aromatic heterocycles. The van der Waals surface area contributed by atoms with Gasteiger partial charge in [0.15, 0.2) is 5.13 Å². The number of hydrogen-bond acceptors (Lipinski definition) is 4. The van der Waals surface area contributed by atoms with Crippen LogP contribution >= 0.6 is 11.3 Å². The van der Waals surface area contributed by atoms with Crippen molar-refractivity contribution >= 4 is 22.2 Å². The zero-order chi connectivity index (χ0) is 16.7. The molecule has 0 bridgehead atoms. The largest absolute Gasteiger partial charge is 0.268 e. The highest BCUT2D eigenvalue weighted by Crippen LogP contribution is 2.24. The Morgan fingerprint density at radius 2 is 1.71 bits per heavy atom. The molecule has 0 saturated carbocycles. The molecule has 24 heavy (non-hydrogen) atoms. The number of benzene rings is 2. The van der Waals surface area contributed by atoms with Gasteiger partial charge in [-0.05, 0) is 26.0 Å². The third-order valence-electron chi connectivity index (χ3n) is 3.97. The molecule has 118 valence electrons. The van der Waals surface area contributed by atoms with E-state index in [2.05, 4.69) is 29.0 Å². The number of aryl methyl sites for hydroxylation is 2. The van der Waals surface area contributed by atoms with Crippen LogP contribution in [0.1, 0.15) is 11.4 Å². The van der Waals surface area contributed by atoms with Crippen LogP contribution in [0.25, 0.3) is 27.3 Å². The summed E-state index contributed by atoms with van der Waals surface area (Å²) in [6.45, 7) is 3.89. The third-order valence-corrected chi connectivity index (χ3v) is 4.80. The zero-order valence-corrected chi connectivity index (χ0v) is 14.2. The Morgan fingerprint density at radius 3 is 2.50 bits per heavy atom. The first-order chi connectivity index (χ1) is 11.6. The van der Waals surface area contributed by atoms with Crippen molar-refractivity contribution in [3.63, 3.8) is 0 Å². The zero-order valence-electron chi connectivity index (χ0n) is 13.4. The maximum absolute atomic E-state index is 12.8. The van der Waals surface area contributed by atoms with Gasteiger partial charge in [-0.2, -0.15) is 0 Å². The summed E-state index contributed by atoms with van der Waals surface area (Å²) >= 11 is 1.45. The monoisotopic (exact) mass is 333 g/mol. The minimum absolute atomic E-state index is 0.0806. The summed E-state index contributed by atoms with van der Waals surface area (Å²) in [5.74, 6) is 0.642. The first kappa shape index (κ1) is 14.8. The number of hydrogen-bond donors (Lipinski definition) is 0. The molecule has 0 saturated heterocycles. The highest BCUT2D eigenvalue weighted by molar-refractivity contribution is 7.12. The summed E-state index contributed by atoms with van der Waals surface area (Å²) in [6, 6.07) is 15.6. The van der Waals surface area contributed by atoms with E-state index in [-0.39, 0.29) is 5.56 Å². The van der Waals surface area contributed by atoms with Crippen LogP contribution in [0.4, 0.5) is 0 Å². The fourth-order valence-electron chi connectivity index (χ4n) is 2.69. The first-order valence-corrected chi connectivity index (χ1v) is 8.53. The molecule has 4 aromatic rings. The van der Waals surface area contributed by atoms with Crippen molar-refractivity contribution in [2.45, 2.75) is 13.8 Å². The number of aromatic nitrogens is 3. The van der Waals surface area contributed by atoms with E-state index in [0.29, 0.717) is 21.9 Å². The summed E-state index contributed by atoms with van der Waals surface area (Å²) < 4.78 is 1.59. The van der Waals surface area contributed by atoms with Crippen LogP contribution in [0.3, 0.4) is 0 Å². The van der Waals surface area contributed by atoms with E-state index < -0.39 is 0 Å². The quantitative estimate of drug-likeness (QED) is 0.554. The van der Waals surface area contributed by atoms with Crippen LogP contribution < -0.4 is 5.56 Å². The van der Waals surface area contributed by atoms with Crippen molar-refractivity contribution in [2.75, 3.05) is 0 Å². The molecule has 4 nitrogen and oxygen atoms in total. The Bertz CT molecular complexity index is 1090. The van der Waals surface area contributed by atoms with E-state index in [9.17, 15) is 4.79 Å². The molecule has 0 fully saturated rings. The van der Waals surface area contributed by atoms with Crippen molar-refractivity contribution < 1.29 is 0 Å². The lowest BCUT2D eigenvalue weighted by Gasteiger charge is -2.07. The molecule has 2 aromatic carbocycles. The maximum Gasteiger partial charge on any atom is 0.267 e. The van der Waals surface area contributed by atoms with Gasteiger partial charge in [0.25, 0.3) is 5.56 Å². The van der Waals surface area contributed by atoms with Gasteiger partial charge in [0.05, 0.1) is 16.6 Å². The normalized spacial score (nSPS) is 11.1. The van der Waals surface area contributed by atoms with Gasteiger partial charge in [0, 0.05) is 10.9 Å². The SMILES string of the molecule is Cc1ccc(-c2csc(-n3c(C)nc4ccccc4c3=O)n2)cc1. The fourth-order valence-corrected chi connectivity index (χ4v) is 3.57. The van der Waals surface area contributed by atoms with Crippen molar-refractivity contribution in [2.24, 2.45) is 0 Å². The summed E-state index contributed by atoms with van der Waals surface area (Å²) in [6.07, 6.45) is 0. The van der Waals surface area contributed by atoms with Crippen LogP contribution in [0, 0.1) is 13.8 Å². The topological polar surface area (TPSA) is 47.8 Å². The molecular weight excluding hydrogens is 318 g/mol. The predicted octanol–water partition coefficient (Wildman–Crippen LogP) is 4.13. The van der Waals surface area contributed by atoms with E-state index >= 15 is 0 Å². The second kappa shape index (κ2) is 5.69. The number of rotatable bonds is 2. The fraction of sp³-hybridized carbons (Fsp3) is 0.105. The Morgan fingerprint density at radius 1 is 0.958 bits per heavy atom.